The standard InChI is InChI=1S/C22H27N3O3/c1-25(20-11-13-23-14-12-20)21(26)19-9-7-17(8-10-19)15-24-22(27)28-16-18-5-3-2-4-6-18/h2-6,11-14,17,19H,7-10,15-16H2,1H3,(H,24,27). The molecule has 6 heteroatoms. The predicted octanol–water partition coefficient (Wildman–Crippen LogP) is 3.78. The number of ether oxygens (including phenoxy) is 1. The van der Waals surface area contributed by atoms with Gasteiger partial charge in [-0.2, -0.15) is 0 Å². The van der Waals surface area contributed by atoms with Crippen LogP contribution in [0.25, 0.3) is 0 Å². The minimum atomic E-state index is -0.389. The van der Waals surface area contributed by atoms with Gasteiger partial charge in [-0.1, -0.05) is 30.3 Å². The highest BCUT2D eigenvalue weighted by Crippen LogP contribution is 2.30. The van der Waals surface area contributed by atoms with Crippen molar-refractivity contribution in [3.63, 3.8) is 0 Å². The van der Waals surface area contributed by atoms with Gasteiger partial charge in [-0.15, -0.1) is 0 Å². The zero-order valence-electron chi connectivity index (χ0n) is 16.2. The summed E-state index contributed by atoms with van der Waals surface area (Å²) in [5.74, 6) is 0.582. The summed E-state index contributed by atoms with van der Waals surface area (Å²) in [5, 5.41) is 2.85. The van der Waals surface area contributed by atoms with Gasteiger partial charge in [-0.3, -0.25) is 9.78 Å². The molecule has 1 heterocycles. The number of carbonyl (C=O) groups is 2. The zero-order valence-corrected chi connectivity index (χ0v) is 16.2. The first-order valence-corrected chi connectivity index (χ1v) is 9.75. The van der Waals surface area contributed by atoms with Gasteiger partial charge in [0, 0.05) is 37.6 Å². The maximum Gasteiger partial charge on any atom is 0.407 e. The van der Waals surface area contributed by atoms with Crippen molar-refractivity contribution in [2.45, 2.75) is 32.3 Å². The first-order chi connectivity index (χ1) is 13.6. The second-order valence-corrected chi connectivity index (χ2v) is 7.26. The van der Waals surface area contributed by atoms with Gasteiger partial charge in [0.15, 0.2) is 0 Å². The molecule has 1 N–H and O–H groups in total. The number of anilines is 1. The number of nitrogens with one attached hydrogen (secondary N) is 1. The molecule has 148 valence electrons. The van der Waals surface area contributed by atoms with Crippen LogP contribution in [0, 0.1) is 11.8 Å². The summed E-state index contributed by atoms with van der Waals surface area (Å²) in [6, 6.07) is 13.3. The van der Waals surface area contributed by atoms with Crippen molar-refractivity contribution < 1.29 is 14.3 Å². The van der Waals surface area contributed by atoms with E-state index in [9.17, 15) is 9.59 Å². The van der Waals surface area contributed by atoms with Crippen LogP contribution in [0.4, 0.5) is 10.5 Å². The quantitative estimate of drug-likeness (QED) is 0.827. The number of amides is 2. The van der Waals surface area contributed by atoms with Gasteiger partial charge in [-0.05, 0) is 49.3 Å². The molecule has 1 fully saturated rings. The van der Waals surface area contributed by atoms with Crippen LogP contribution >= 0.6 is 0 Å². The maximum absolute atomic E-state index is 12.7. The Morgan fingerprint density at radius 2 is 1.75 bits per heavy atom. The Morgan fingerprint density at radius 1 is 1.07 bits per heavy atom. The van der Waals surface area contributed by atoms with Gasteiger partial charge in [0.05, 0.1) is 0 Å². The van der Waals surface area contributed by atoms with Crippen molar-refractivity contribution in [3.05, 3.63) is 60.4 Å². The van der Waals surface area contributed by atoms with Crippen LogP contribution in [0.2, 0.25) is 0 Å². The number of rotatable bonds is 6. The Labute approximate surface area is 165 Å². The molecule has 0 aliphatic heterocycles. The third-order valence-corrected chi connectivity index (χ3v) is 5.32. The van der Waals surface area contributed by atoms with E-state index in [0.29, 0.717) is 12.5 Å². The Balaban J connectivity index is 1.37. The minimum Gasteiger partial charge on any atom is -0.445 e. The van der Waals surface area contributed by atoms with E-state index in [1.165, 1.54) is 0 Å². The van der Waals surface area contributed by atoms with E-state index in [1.807, 2.05) is 49.5 Å². The second kappa shape index (κ2) is 9.88. The average molecular weight is 381 g/mol. The molecule has 1 saturated carbocycles. The van der Waals surface area contributed by atoms with Crippen LogP contribution in [-0.4, -0.2) is 30.6 Å². The van der Waals surface area contributed by atoms with E-state index < -0.39 is 0 Å². The predicted molar refractivity (Wildman–Crippen MR) is 108 cm³/mol. The molecule has 1 aliphatic rings. The van der Waals surface area contributed by atoms with Gasteiger partial charge < -0.3 is 15.0 Å². The first-order valence-electron chi connectivity index (χ1n) is 9.75. The SMILES string of the molecule is CN(C(=O)C1CCC(CNC(=O)OCc2ccccc2)CC1)c1ccncc1. The monoisotopic (exact) mass is 381 g/mol. The average Bonchev–Trinajstić information content (AvgIpc) is 2.77. The fourth-order valence-corrected chi connectivity index (χ4v) is 3.58. The van der Waals surface area contributed by atoms with Crippen molar-refractivity contribution >= 4 is 17.7 Å². The molecule has 0 unspecified atom stereocenters. The lowest BCUT2D eigenvalue weighted by Crippen LogP contribution is -2.37. The molecule has 0 bridgehead atoms. The van der Waals surface area contributed by atoms with E-state index in [0.717, 1.165) is 36.9 Å². The summed E-state index contributed by atoms with van der Waals surface area (Å²) in [6.45, 7) is 0.865. The molecule has 1 aromatic heterocycles. The highest BCUT2D eigenvalue weighted by molar-refractivity contribution is 5.94. The third-order valence-electron chi connectivity index (χ3n) is 5.32. The number of pyridine rings is 1. The van der Waals surface area contributed by atoms with Gasteiger partial charge in [0.1, 0.15) is 6.61 Å². The van der Waals surface area contributed by atoms with Crippen LogP contribution in [0.3, 0.4) is 0 Å². The van der Waals surface area contributed by atoms with Crippen LogP contribution < -0.4 is 10.2 Å². The lowest BCUT2D eigenvalue weighted by molar-refractivity contribution is -0.123. The van der Waals surface area contributed by atoms with Crippen molar-refractivity contribution in [2.75, 3.05) is 18.5 Å². The fraction of sp³-hybridized carbons (Fsp3) is 0.409. The Hall–Kier alpha value is -2.89. The molecule has 0 atom stereocenters. The zero-order chi connectivity index (χ0) is 19.8. The number of nitrogens with zero attached hydrogens (tertiary/aromatic N) is 2. The number of hydrogen-bond donors (Lipinski definition) is 1. The third kappa shape index (κ3) is 5.55. The summed E-state index contributed by atoms with van der Waals surface area (Å²) in [4.78, 5) is 30.3. The molecular weight excluding hydrogens is 354 g/mol. The van der Waals surface area contributed by atoms with Crippen LogP contribution in [0.1, 0.15) is 31.2 Å². The summed E-state index contributed by atoms with van der Waals surface area (Å²) in [5.41, 5.74) is 1.83. The van der Waals surface area contributed by atoms with Gasteiger partial charge in [0.2, 0.25) is 5.91 Å². The number of alkyl carbamates (subject to hydrolysis) is 1. The molecule has 2 amide bonds. The van der Waals surface area contributed by atoms with Crippen LogP contribution in [0.15, 0.2) is 54.9 Å². The van der Waals surface area contributed by atoms with E-state index in [-0.39, 0.29) is 24.5 Å². The molecule has 0 spiro atoms. The smallest absolute Gasteiger partial charge is 0.407 e. The number of carbonyl (C=O) groups excluding carboxylic acids is 2. The Morgan fingerprint density at radius 3 is 2.43 bits per heavy atom. The number of aromatic nitrogens is 1. The topological polar surface area (TPSA) is 71.5 Å². The van der Waals surface area contributed by atoms with Crippen molar-refractivity contribution in [3.8, 4) is 0 Å². The van der Waals surface area contributed by atoms with E-state index in [4.69, 9.17) is 4.74 Å². The Bertz CT molecular complexity index is 759. The van der Waals surface area contributed by atoms with E-state index in [1.54, 1.807) is 17.3 Å². The molecule has 1 aromatic carbocycles. The molecule has 6 nitrogen and oxygen atoms in total. The highest BCUT2D eigenvalue weighted by atomic mass is 16.5. The summed E-state index contributed by atoms with van der Waals surface area (Å²) in [7, 11) is 1.81. The molecule has 0 radical (unpaired) electrons. The maximum atomic E-state index is 12.7. The summed E-state index contributed by atoms with van der Waals surface area (Å²) >= 11 is 0. The number of hydrogen-bond acceptors (Lipinski definition) is 4. The van der Waals surface area contributed by atoms with Crippen LogP contribution in [-0.2, 0) is 16.1 Å². The van der Waals surface area contributed by atoms with E-state index >= 15 is 0 Å². The van der Waals surface area contributed by atoms with Crippen LogP contribution in [0.5, 0.6) is 0 Å². The normalized spacial score (nSPS) is 18.9. The van der Waals surface area contributed by atoms with Gasteiger partial charge in [-0.25, -0.2) is 4.79 Å². The molecular formula is C22H27N3O3. The number of benzene rings is 1. The lowest BCUT2D eigenvalue weighted by atomic mass is 9.81. The molecule has 28 heavy (non-hydrogen) atoms. The van der Waals surface area contributed by atoms with Crippen molar-refractivity contribution in [1.82, 2.24) is 10.3 Å². The molecule has 1 aliphatic carbocycles. The second-order valence-electron chi connectivity index (χ2n) is 7.26. The van der Waals surface area contributed by atoms with E-state index in [2.05, 4.69) is 10.3 Å². The summed E-state index contributed by atoms with van der Waals surface area (Å²) < 4.78 is 5.24. The first kappa shape index (κ1) is 19.9. The summed E-state index contributed by atoms with van der Waals surface area (Å²) in [6.07, 6.45) is 6.55. The Kier molecular flexibility index (Phi) is 7.00. The minimum absolute atomic E-state index is 0.0412. The van der Waals surface area contributed by atoms with Gasteiger partial charge in [0.25, 0.3) is 0 Å². The highest BCUT2D eigenvalue weighted by Gasteiger charge is 2.28. The largest absolute Gasteiger partial charge is 0.445 e. The lowest BCUT2D eigenvalue weighted by Gasteiger charge is -2.30. The van der Waals surface area contributed by atoms with Crippen molar-refractivity contribution in [1.29, 1.82) is 0 Å². The van der Waals surface area contributed by atoms with Gasteiger partial charge >= 0.3 is 6.09 Å². The van der Waals surface area contributed by atoms with Crippen molar-refractivity contribution in [2.24, 2.45) is 11.8 Å². The molecule has 3 rings (SSSR count). The molecule has 0 saturated heterocycles. The molecule has 2 aromatic rings. The fourth-order valence-electron chi connectivity index (χ4n) is 3.58.